The summed E-state index contributed by atoms with van der Waals surface area (Å²) in [5.74, 6) is -0.0452. The van der Waals surface area contributed by atoms with Gasteiger partial charge < -0.3 is 9.12 Å². The molecule has 0 amide bonds. The smallest absolute Gasteiger partial charge is 0.136 e. The summed E-state index contributed by atoms with van der Waals surface area (Å²) in [6.07, 6.45) is 2.09. The second-order valence-electron chi connectivity index (χ2n) is 10.0. The molecule has 2 rings (SSSR count). The maximum Gasteiger partial charge on any atom is 0.136 e. The Morgan fingerprint density at radius 2 is 1.67 bits per heavy atom. The van der Waals surface area contributed by atoms with E-state index < -0.39 is 11.4 Å². The van der Waals surface area contributed by atoms with Crippen LogP contribution in [0.1, 0.15) is 85.4 Å². The third kappa shape index (κ3) is 5.27. The minimum absolute atomic E-state index is 0.0977. The van der Waals surface area contributed by atoms with Crippen molar-refractivity contribution in [1.29, 1.82) is 0 Å². The Morgan fingerprint density at radius 3 is 2.15 bits per heavy atom. The quantitative estimate of drug-likeness (QED) is 0.626. The molecule has 1 aromatic carbocycles. The van der Waals surface area contributed by atoms with E-state index in [4.69, 9.17) is 0 Å². The minimum Gasteiger partial charge on any atom is -0.598 e. The predicted molar refractivity (Wildman–Crippen MR) is 115 cm³/mol. The van der Waals surface area contributed by atoms with Crippen LogP contribution in [0.25, 0.3) is 10.9 Å². The van der Waals surface area contributed by atoms with Crippen LogP contribution >= 0.6 is 0 Å². The summed E-state index contributed by atoms with van der Waals surface area (Å²) >= 11 is -1.19. The molecule has 1 aromatic heterocycles. The van der Waals surface area contributed by atoms with Gasteiger partial charge in [-0.3, -0.25) is 0 Å². The van der Waals surface area contributed by atoms with E-state index in [1.54, 1.807) is 6.07 Å². The lowest BCUT2D eigenvalue weighted by Crippen LogP contribution is -2.40. The fourth-order valence-corrected chi connectivity index (χ4v) is 3.99. The van der Waals surface area contributed by atoms with Gasteiger partial charge in [0.05, 0.1) is 6.04 Å². The normalized spacial score (nSPS) is 15.6. The van der Waals surface area contributed by atoms with E-state index in [1.807, 2.05) is 47.6 Å². The third-order valence-electron chi connectivity index (χ3n) is 4.60. The summed E-state index contributed by atoms with van der Waals surface area (Å²) < 4.78 is 32.3. The number of hydrogen-bond donors (Lipinski definition) is 1. The molecule has 0 radical (unpaired) electrons. The van der Waals surface area contributed by atoms with E-state index in [-0.39, 0.29) is 27.9 Å². The molecule has 0 saturated carbocycles. The minimum atomic E-state index is -1.19. The van der Waals surface area contributed by atoms with Crippen molar-refractivity contribution < 1.29 is 8.94 Å². The van der Waals surface area contributed by atoms with Crippen molar-refractivity contribution in [2.45, 2.75) is 85.6 Å². The van der Waals surface area contributed by atoms with Gasteiger partial charge in [-0.15, -0.1) is 4.72 Å². The molecule has 5 heteroatoms. The number of benzene rings is 1. The molecule has 0 aliphatic carbocycles. The first-order valence-electron chi connectivity index (χ1n) is 9.71. The zero-order valence-corrected chi connectivity index (χ0v) is 19.1. The second-order valence-corrected chi connectivity index (χ2v) is 12.0. The summed E-state index contributed by atoms with van der Waals surface area (Å²) in [6.45, 7) is 19.3. The number of hydrogen-bond acceptors (Lipinski definition) is 2. The molecule has 2 aromatic rings. The Kier molecular flexibility index (Phi) is 6.40. The average molecular weight is 395 g/mol. The number of halogens is 1. The van der Waals surface area contributed by atoms with Crippen LogP contribution in [0, 0.1) is 11.2 Å². The van der Waals surface area contributed by atoms with Gasteiger partial charge in [-0.1, -0.05) is 34.6 Å². The van der Waals surface area contributed by atoms with Crippen molar-refractivity contribution in [1.82, 2.24) is 9.29 Å². The maximum absolute atomic E-state index is 14.7. The molecule has 0 fully saturated rings. The van der Waals surface area contributed by atoms with Crippen LogP contribution in [0.2, 0.25) is 0 Å². The average Bonchev–Trinajstić information content (AvgIpc) is 2.80. The largest absolute Gasteiger partial charge is 0.598 e. The number of aromatic nitrogens is 1. The van der Waals surface area contributed by atoms with Crippen LogP contribution in [-0.4, -0.2) is 13.9 Å². The summed E-state index contributed by atoms with van der Waals surface area (Å²) in [5.41, 5.74) is 2.86. The Hall–Kier alpha value is -1.04. The molecular weight excluding hydrogens is 359 g/mol. The highest BCUT2D eigenvalue weighted by atomic mass is 32.2. The van der Waals surface area contributed by atoms with Crippen LogP contribution in [0.4, 0.5) is 4.39 Å². The molecule has 0 saturated heterocycles. The van der Waals surface area contributed by atoms with Crippen molar-refractivity contribution in [3.63, 3.8) is 0 Å². The lowest BCUT2D eigenvalue weighted by molar-refractivity contribution is 0.349. The summed E-state index contributed by atoms with van der Waals surface area (Å²) in [5, 5.41) is 0.895. The van der Waals surface area contributed by atoms with Crippen molar-refractivity contribution in [3.8, 4) is 0 Å². The molecule has 0 aliphatic heterocycles. The van der Waals surface area contributed by atoms with E-state index in [9.17, 15) is 8.94 Å². The van der Waals surface area contributed by atoms with Gasteiger partial charge in [-0.2, -0.15) is 0 Å². The molecule has 0 bridgehead atoms. The molecule has 1 N–H and O–H groups in total. The van der Waals surface area contributed by atoms with Gasteiger partial charge in [0, 0.05) is 35.0 Å². The van der Waals surface area contributed by atoms with Gasteiger partial charge in [0.25, 0.3) is 0 Å². The lowest BCUT2D eigenvalue weighted by Gasteiger charge is -2.26. The Labute approximate surface area is 167 Å². The summed E-state index contributed by atoms with van der Waals surface area (Å²) in [6, 6.07) is 3.49. The number of fused-ring (bicyclic) bond motifs is 1. The predicted octanol–water partition coefficient (Wildman–Crippen LogP) is 6.06. The van der Waals surface area contributed by atoms with Crippen LogP contribution in [0.5, 0.6) is 0 Å². The number of rotatable bonds is 5. The van der Waals surface area contributed by atoms with Gasteiger partial charge in [-0.05, 0) is 62.3 Å². The standard InChI is InChI=1S/C22H35FN2OS/c1-14(2)16-11-20-17(10-19(16)23)18(12-25(20)13-21(4,5)6)15(3)24-27(26)22(7,8)9/h10-12,14-15,24H,13H2,1-9H3/t15-,27?/m1/s1. The first-order chi connectivity index (χ1) is 12.2. The second kappa shape index (κ2) is 7.76. The van der Waals surface area contributed by atoms with Crippen LogP contribution in [-0.2, 0) is 17.9 Å². The Morgan fingerprint density at radius 1 is 1.07 bits per heavy atom. The zero-order valence-electron chi connectivity index (χ0n) is 18.2. The number of nitrogens with zero attached hydrogens (tertiary/aromatic N) is 1. The molecule has 1 unspecified atom stereocenters. The first kappa shape index (κ1) is 22.3. The number of nitrogens with one attached hydrogen (secondary N) is 1. The zero-order chi connectivity index (χ0) is 20.7. The Bertz CT molecular complexity index is 799. The molecule has 0 aliphatic rings. The third-order valence-corrected chi connectivity index (χ3v) is 6.28. The lowest BCUT2D eigenvalue weighted by atomic mass is 9.96. The van der Waals surface area contributed by atoms with Crippen molar-refractivity contribution >= 4 is 22.3 Å². The highest BCUT2D eigenvalue weighted by Crippen LogP contribution is 2.34. The summed E-state index contributed by atoms with van der Waals surface area (Å²) in [4.78, 5) is 0. The first-order valence-corrected chi connectivity index (χ1v) is 10.9. The molecule has 152 valence electrons. The van der Waals surface area contributed by atoms with Crippen molar-refractivity contribution in [2.75, 3.05) is 0 Å². The molecule has 27 heavy (non-hydrogen) atoms. The van der Waals surface area contributed by atoms with E-state index >= 15 is 0 Å². The Balaban J connectivity index is 2.57. The molecule has 3 nitrogen and oxygen atoms in total. The van der Waals surface area contributed by atoms with Crippen molar-refractivity contribution in [3.05, 3.63) is 35.3 Å². The topological polar surface area (TPSA) is 40.0 Å². The van der Waals surface area contributed by atoms with E-state index in [0.29, 0.717) is 0 Å². The molecule has 2 atom stereocenters. The van der Waals surface area contributed by atoms with E-state index in [1.165, 1.54) is 0 Å². The summed E-state index contributed by atoms with van der Waals surface area (Å²) in [7, 11) is 0. The maximum atomic E-state index is 14.7. The molecular formula is C22H35FN2OS. The van der Waals surface area contributed by atoms with Gasteiger partial charge in [0.2, 0.25) is 0 Å². The fourth-order valence-electron chi connectivity index (χ4n) is 3.18. The van der Waals surface area contributed by atoms with E-state index in [2.05, 4.69) is 36.3 Å². The molecule has 0 spiro atoms. The fraction of sp³-hybridized carbons (Fsp3) is 0.636. The van der Waals surface area contributed by atoms with Crippen LogP contribution < -0.4 is 4.72 Å². The van der Waals surface area contributed by atoms with Gasteiger partial charge in [0.1, 0.15) is 10.6 Å². The highest BCUT2D eigenvalue weighted by Gasteiger charge is 2.30. The molecule has 1 heterocycles. The van der Waals surface area contributed by atoms with Crippen molar-refractivity contribution in [2.24, 2.45) is 5.41 Å². The van der Waals surface area contributed by atoms with E-state index in [0.717, 1.165) is 28.6 Å². The van der Waals surface area contributed by atoms with Crippen LogP contribution in [0.3, 0.4) is 0 Å². The van der Waals surface area contributed by atoms with Gasteiger partial charge in [0.15, 0.2) is 0 Å². The van der Waals surface area contributed by atoms with Gasteiger partial charge in [-0.25, -0.2) is 4.39 Å². The highest BCUT2D eigenvalue weighted by molar-refractivity contribution is 7.90. The van der Waals surface area contributed by atoms with Gasteiger partial charge >= 0.3 is 0 Å². The monoisotopic (exact) mass is 394 g/mol. The van der Waals surface area contributed by atoms with Crippen LogP contribution in [0.15, 0.2) is 18.3 Å². The SMILES string of the molecule is CC(C)c1cc2c(cc1F)c([C@@H](C)N[S+]([O-])C(C)(C)C)cn2CC(C)(C)C.